The van der Waals surface area contributed by atoms with Gasteiger partial charge in [-0.2, -0.15) is 0 Å². The van der Waals surface area contributed by atoms with Crippen LogP contribution in [0.5, 0.6) is 0 Å². The number of hydrogen-bond donors (Lipinski definition) is 2. The molecule has 2 aliphatic heterocycles. The van der Waals surface area contributed by atoms with E-state index in [9.17, 15) is 14.7 Å². The van der Waals surface area contributed by atoms with Crippen LogP contribution in [0.15, 0.2) is 40.1 Å². The van der Waals surface area contributed by atoms with Gasteiger partial charge >= 0.3 is 5.69 Å². The van der Waals surface area contributed by atoms with Crippen molar-refractivity contribution in [1.82, 2.24) is 9.55 Å². The van der Waals surface area contributed by atoms with Gasteiger partial charge in [0.1, 0.15) is 17.8 Å². The van der Waals surface area contributed by atoms with Gasteiger partial charge in [-0.1, -0.05) is 29.8 Å². The molecule has 1 aromatic heterocycles. The zero-order valence-corrected chi connectivity index (χ0v) is 16.3. The van der Waals surface area contributed by atoms with Crippen LogP contribution in [0, 0.1) is 13.8 Å². The van der Waals surface area contributed by atoms with Crippen LogP contribution < -0.4 is 11.2 Å². The summed E-state index contributed by atoms with van der Waals surface area (Å²) in [5.74, 6) is -0.913. The van der Waals surface area contributed by atoms with Gasteiger partial charge in [0.15, 0.2) is 12.0 Å². The molecule has 8 nitrogen and oxygen atoms in total. The number of hydrogen-bond acceptors (Lipinski definition) is 6. The Labute approximate surface area is 161 Å². The van der Waals surface area contributed by atoms with Gasteiger partial charge in [0, 0.05) is 11.8 Å². The molecule has 2 N–H and O–H groups in total. The van der Waals surface area contributed by atoms with Gasteiger partial charge in [-0.15, -0.1) is 0 Å². The third-order valence-corrected chi connectivity index (χ3v) is 5.40. The van der Waals surface area contributed by atoms with Crippen LogP contribution in [-0.4, -0.2) is 39.3 Å². The van der Waals surface area contributed by atoms with Gasteiger partial charge in [0.25, 0.3) is 5.56 Å². The average Bonchev–Trinajstić information content (AvgIpc) is 2.91. The first-order valence-corrected chi connectivity index (χ1v) is 9.20. The summed E-state index contributed by atoms with van der Waals surface area (Å²) in [6.45, 7) is 7.25. The normalized spacial score (nSPS) is 31.5. The number of aryl methyl sites for hydroxylation is 2. The van der Waals surface area contributed by atoms with Gasteiger partial charge in [-0.05, 0) is 33.3 Å². The summed E-state index contributed by atoms with van der Waals surface area (Å²) >= 11 is 0. The smallest absolute Gasteiger partial charge is 0.330 e. The van der Waals surface area contributed by atoms with Crippen LogP contribution in [-0.2, 0) is 19.8 Å². The second kappa shape index (κ2) is 6.38. The molecule has 1 aromatic carbocycles. The minimum atomic E-state index is -1.15. The average molecular weight is 388 g/mol. The summed E-state index contributed by atoms with van der Waals surface area (Å²) in [4.78, 5) is 26.4. The van der Waals surface area contributed by atoms with E-state index in [2.05, 4.69) is 4.98 Å². The number of rotatable bonds is 2. The monoisotopic (exact) mass is 388 g/mol. The Bertz CT molecular complexity index is 1010. The molecule has 0 bridgehead atoms. The zero-order chi connectivity index (χ0) is 20.3. The predicted molar refractivity (Wildman–Crippen MR) is 99.9 cm³/mol. The summed E-state index contributed by atoms with van der Waals surface area (Å²) in [6.07, 6.45) is -1.55. The van der Waals surface area contributed by atoms with Crippen molar-refractivity contribution in [3.05, 3.63) is 68.0 Å². The number of nitrogens with one attached hydrogen (secondary N) is 1. The second-order valence-electron chi connectivity index (χ2n) is 7.96. The SMILES string of the molecule is Cc1ccc([C@]23COC(C)(C)O[C@H]2[C@@H](O)[C@H](n2cc(C)c(=O)[nH]c2=O)O3)cc1. The Morgan fingerprint density at radius 3 is 2.50 bits per heavy atom. The Balaban J connectivity index is 1.83. The molecular weight excluding hydrogens is 364 g/mol. The highest BCUT2D eigenvalue weighted by Crippen LogP contribution is 2.49. The van der Waals surface area contributed by atoms with Gasteiger partial charge in [-0.3, -0.25) is 14.3 Å². The fraction of sp³-hybridized carbons (Fsp3) is 0.500. The van der Waals surface area contributed by atoms with Crippen molar-refractivity contribution in [1.29, 1.82) is 0 Å². The molecule has 0 aliphatic carbocycles. The third-order valence-electron chi connectivity index (χ3n) is 5.40. The molecule has 0 saturated carbocycles. The molecular formula is C20H24N2O6. The van der Waals surface area contributed by atoms with Crippen molar-refractivity contribution in [2.75, 3.05) is 6.61 Å². The first-order valence-electron chi connectivity index (χ1n) is 9.20. The molecule has 8 heteroatoms. The largest absolute Gasteiger partial charge is 0.386 e. The number of nitrogens with zero attached hydrogens (tertiary/aromatic N) is 1. The van der Waals surface area contributed by atoms with E-state index in [1.54, 1.807) is 20.8 Å². The number of benzene rings is 1. The van der Waals surface area contributed by atoms with Crippen molar-refractivity contribution < 1.29 is 19.3 Å². The molecule has 0 spiro atoms. The number of aromatic nitrogens is 2. The number of aromatic amines is 1. The molecule has 3 heterocycles. The summed E-state index contributed by atoms with van der Waals surface area (Å²) in [7, 11) is 0. The Morgan fingerprint density at radius 1 is 1.14 bits per heavy atom. The minimum absolute atomic E-state index is 0.151. The highest BCUT2D eigenvalue weighted by molar-refractivity contribution is 5.31. The summed E-state index contributed by atoms with van der Waals surface area (Å²) in [5.41, 5.74) is -0.00652. The van der Waals surface area contributed by atoms with E-state index in [1.807, 2.05) is 31.2 Å². The molecule has 2 aromatic rings. The van der Waals surface area contributed by atoms with Crippen LogP contribution in [0.4, 0.5) is 0 Å². The van der Waals surface area contributed by atoms with Crippen LogP contribution in [0.2, 0.25) is 0 Å². The molecule has 2 fully saturated rings. The molecule has 2 aliphatic rings. The molecule has 4 atom stereocenters. The van der Waals surface area contributed by atoms with Crippen LogP contribution >= 0.6 is 0 Å². The van der Waals surface area contributed by atoms with Gasteiger partial charge < -0.3 is 19.3 Å². The number of fused-ring (bicyclic) bond motifs is 1. The molecule has 0 amide bonds. The van der Waals surface area contributed by atoms with Gasteiger partial charge in [0.05, 0.1) is 6.61 Å². The van der Waals surface area contributed by atoms with Crippen LogP contribution in [0.1, 0.15) is 36.8 Å². The van der Waals surface area contributed by atoms with E-state index in [-0.39, 0.29) is 6.61 Å². The Kier molecular flexibility index (Phi) is 4.35. The van der Waals surface area contributed by atoms with Crippen LogP contribution in [0.25, 0.3) is 0 Å². The van der Waals surface area contributed by atoms with Crippen LogP contribution in [0.3, 0.4) is 0 Å². The van der Waals surface area contributed by atoms with Gasteiger partial charge in [-0.25, -0.2) is 4.79 Å². The number of aliphatic hydroxyl groups excluding tert-OH is 1. The summed E-state index contributed by atoms with van der Waals surface area (Å²) < 4.78 is 19.4. The molecule has 0 radical (unpaired) electrons. The van der Waals surface area contributed by atoms with E-state index >= 15 is 0 Å². The Morgan fingerprint density at radius 2 is 1.82 bits per heavy atom. The van der Waals surface area contributed by atoms with Crippen molar-refractivity contribution in [3.8, 4) is 0 Å². The van der Waals surface area contributed by atoms with Crippen molar-refractivity contribution in [3.63, 3.8) is 0 Å². The number of aliphatic hydroxyl groups is 1. The maximum atomic E-state index is 12.4. The number of ether oxygens (including phenoxy) is 3. The molecule has 0 unspecified atom stereocenters. The first kappa shape index (κ1) is 19.1. The van der Waals surface area contributed by atoms with Crippen molar-refractivity contribution in [2.24, 2.45) is 0 Å². The van der Waals surface area contributed by atoms with Crippen molar-refractivity contribution in [2.45, 2.75) is 57.5 Å². The van der Waals surface area contributed by atoms with Crippen molar-refractivity contribution >= 4 is 0 Å². The fourth-order valence-electron chi connectivity index (χ4n) is 3.83. The lowest BCUT2D eigenvalue weighted by Crippen LogP contribution is -2.56. The maximum absolute atomic E-state index is 12.4. The lowest BCUT2D eigenvalue weighted by atomic mass is 9.86. The van der Waals surface area contributed by atoms with E-state index in [0.717, 1.165) is 11.1 Å². The van der Waals surface area contributed by atoms with E-state index in [0.29, 0.717) is 5.56 Å². The predicted octanol–water partition coefficient (Wildman–Crippen LogP) is 1.09. The lowest BCUT2D eigenvalue weighted by Gasteiger charge is -2.45. The zero-order valence-electron chi connectivity index (χ0n) is 16.3. The first-order chi connectivity index (χ1) is 13.1. The highest BCUT2D eigenvalue weighted by Gasteiger charge is 2.61. The molecule has 150 valence electrons. The molecule has 2 saturated heterocycles. The molecule has 4 rings (SSSR count). The quantitative estimate of drug-likeness (QED) is 0.798. The fourth-order valence-corrected chi connectivity index (χ4v) is 3.83. The van der Waals surface area contributed by atoms with E-state index in [4.69, 9.17) is 14.2 Å². The highest BCUT2D eigenvalue weighted by atomic mass is 16.7. The maximum Gasteiger partial charge on any atom is 0.330 e. The lowest BCUT2D eigenvalue weighted by molar-refractivity contribution is -0.332. The van der Waals surface area contributed by atoms with E-state index < -0.39 is 41.1 Å². The number of H-pyrrole nitrogens is 1. The third kappa shape index (κ3) is 2.93. The minimum Gasteiger partial charge on any atom is -0.386 e. The standard InChI is InChI=1S/C20H24N2O6/c1-11-5-7-13(8-6-11)20-10-26-19(3,4)27-15(20)14(23)17(28-20)22-9-12(2)16(24)21-18(22)25/h5-9,14-15,17,23H,10H2,1-4H3,(H,21,24,25)/t14-,15+,17-,20-/m1/s1. The second-order valence-corrected chi connectivity index (χ2v) is 7.96. The Hall–Kier alpha value is -2.26. The topological polar surface area (TPSA) is 103 Å². The molecule has 28 heavy (non-hydrogen) atoms. The van der Waals surface area contributed by atoms with Gasteiger partial charge in [0.2, 0.25) is 0 Å². The summed E-state index contributed by atoms with van der Waals surface area (Å²) in [6, 6.07) is 7.70. The summed E-state index contributed by atoms with van der Waals surface area (Å²) in [5, 5.41) is 11.1. The van der Waals surface area contributed by atoms with E-state index in [1.165, 1.54) is 10.8 Å².